The molecule has 1 N–H and O–H groups in total. The van der Waals surface area contributed by atoms with E-state index in [-0.39, 0.29) is 5.25 Å². The molecular formula is C10H19N3OS. The van der Waals surface area contributed by atoms with Crippen LogP contribution >= 0.6 is 0 Å². The van der Waals surface area contributed by atoms with Gasteiger partial charge in [-0.15, -0.1) is 0 Å². The molecule has 0 aliphatic rings. The standard InChI is InChI=1S/C10H19N3OS/c1-4-13-8-7-12-10(13)11-6-5-9(2)15(3)14/h7-9H,4-6H2,1-3H3,(H,11,12). The van der Waals surface area contributed by atoms with Crippen LogP contribution in [0.1, 0.15) is 20.3 Å². The lowest BCUT2D eigenvalue weighted by Crippen LogP contribution is -2.16. The molecule has 4 nitrogen and oxygen atoms in total. The number of nitrogens with one attached hydrogen (secondary N) is 1. The third-order valence-electron chi connectivity index (χ3n) is 2.46. The molecule has 1 rings (SSSR count). The van der Waals surface area contributed by atoms with Crippen LogP contribution in [0.4, 0.5) is 5.95 Å². The Morgan fingerprint density at radius 1 is 1.67 bits per heavy atom. The molecule has 2 atom stereocenters. The van der Waals surface area contributed by atoms with Gasteiger partial charge in [-0.3, -0.25) is 4.21 Å². The molecule has 0 amide bonds. The summed E-state index contributed by atoms with van der Waals surface area (Å²) in [6.45, 7) is 5.82. The highest BCUT2D eigenvalue weighted by atomic mass is 32.2. The lowest BCUT2D eigenvalue weighted by Gasteiger charge is -2.10. The van der Waals surface area contributed by atoms with Gasteiger partial charge in [-0.25, -0.2) is 4.98 Å². The van der Waals surface area contributed by atoms with Crippen molar-refractivity contribution in [1.82, 2.24) is 9.55 Å². The average molecular weight is 229 g/mol. The van der Waals surface area contributed by atoms with Gasteiger partial charge in [0.15, 0.2) is 0 Å². The Balaban J connectivity index is 2.34. The number of aryl methyl sites for hydroxylation is 1. The molecule has 15 heavy (non-hydrogen) atoms. The number of hydrogen-bond donors (Lipinski definition) is 1. The number of anilines is 1. The first-order chi connectivity index (χ1) is 7.15. The summed E-state index contributed by atoms with van der Waals surface area (Å²) in [6, 6.07) is 0. The third kappa shape index (κ3) is 3.66. The highest BCUT2D eigenvalue weighted by Gasteiger charge is 2.06. The normalized spacial score (nSPS) is 14.9. The predicted molar refractivity (Wildman–Crippen MR) is 64.5 cm³/mol. The van der Waals surface area contributed by atoms with Gasteiger partial charge in [0, 0.05) is 47.8 Å². The molecule has 1 heterocycles. The smallest absolute Gasteiger partial charge is 0.202 e. The molecule has 0 spiro atoms. The lowest BCUT2D eigenvalue weighted by molar-refractivity contribution is 0.671. The van der Waals surface area contributed by atoms with Gasteiger partial charge < -0.3 is 9.88 Å². The van der Waals surface area contributed by atoms with Crippen molar-refractivity contribution in [3.05, 3.63) is 12.4 Å². The molecule has 2 unspecified atom stereocenters. The highest BCUT2D eigenvalue weighted by Crippen LogP contribution is 2.05. The van der Waals surface area contributed by atoms with Gasteiger partial charge in [0.05, 0.1) is 0 Å². The molecular weight excluding hydrogens is 210 g/mol. The summed E-state index contributed by atoms with van der Waals surface area (Å²) in [7, 11) is -0.733. The Hall–Kier alpha value is -0.840. The maximum Gasteiger partial charge on any atom is 0.202 e. The van der Waals surface area contributed by atoms with E-state index in [0.717, 1.165) is 25.5 Å². The first-order valence-corrected chi connectivity index (χ1v) is 6.84. The van der Waals surface area contributed by atoms with Gasteiger partial charge in [-0.1, -0.05) is 6.92 Å². The minimum absolute atomic E-state index is 0.238. The van der Waals surface area contributed by atoms with E-state index in [0.29, 0.717) is 0 Å². The van der Waals surface area contributed by atoms with Crippen molar-refractivity contribution < 1.29 is 4.21 Å². The van der Waals surface area contributed by atoms with Gasteiger partial charge in [0.1, 0.15) is 0 Å². The molecule has 0 aliphatic heterocycles. The molecule has 0 radical (unpaired) electrons. The number of imidazole rings is 1. The highest BCUT2D eigenvalue weighted by molar-refractivity contribution is 7.84. The zero-order valence-electron chi connectivity index (χ0n) is 9.56. The van der Waals surface area contributed by atoms with Crippen LogP contribution in [0, 0.1) is 0 Å². The van der Waals surface area contributed by atoms with E-state index in [1.807, 2.05) is 17.7 Å². The molecule has 0 saturated heterocycles. The van der Waals surface area contributed by atoms with Crippen LogP contribution in [0.15, 0.2) is 12.4 Å². The molecule has 0 saturated carbocycles. The Labute approximate surface area is 93.5 Å². The fourth-order valence-electron chi connectivity index (χ4n) is 1.28. The molecule has 0 fully saturated rings. The molecule has 0 bridgehead atoms. The Morgan fingerprint density at radius 2 is 2.40 bits per heavy atom. The van der Waals surface area contributed by atoms with Crippen LogP contribution in [-0.2, 0) is 17.3 Å². The quantitative estimate of drug-likeness (QED) is 0.803. The van der Waals surface area contributed by atoms with Crippen LogP contribution in [0.3, 0.4) is 0 Å². The van der Waals surface area contributed by atoms with Gasteiger partial charge in [0.25, 0.3) is 0 Å². The van der Waals surface area contributed by atoms with E-state index in [1.54, 1.807) is 12.5 Å². The van der Waals surface area contributed by atoms with Gasteiger partial charge in [0.2, 0.25) is 5.95 Å². The Bertz CT molecular complexity index is 324. The van der Waals surface area contributed by atoms with Crippen LogP contribution in [-0.4, -0.2) is 31.8 Å². The van der Waals surface area contributed by atoms with Crippen molar-refractivity contribution in [2.24, 2.45) is 0 Å². The maximum absolute atomic E-state index is 11.1. The largest absolute Gasteiger partial charge is 0.356 e. The number of rotatable bonds is 6. The summed E-state index contributed by atoms with van der Waals surface area (Å²) in [5.41, 5.74) is 0. The molecule has 86 valence electrons. The van der Waals surface area contributed by atoms with Crippen molar-refractivity contribution in [3.8, 4) is 0 Å². The monoisotopic (exact) mass is 229 g/mol. The van der Waals surface area contributed by atoms with E-state index < -0.39 is 10.8 Å². The zero-order valence-corrected chi connectivity index (χ0v) is 10.4. The summed E-state index contributed by atoms with van der Waals surface area (Å²) in [5.74, 6) is 0.895. The Kier molecular flexibility index (Phi) is 4.81. The Morgan fingerprint density at radius 3 is 3.00 bits per heavy atom. The molecule has 1 aromatic rings. The minimum Gasteiger partial charge on any atom is -0.356 e. The van der Waals surface area contributed by atoms with Gasteiger partial charge >= 0.3 is 0 Å². The second-order valence-electron chi connectivity index (χ2n) is 3.56. The number of nitrogens with zero attached hydrogens (tertiary/aromatic N) is 2. The SMILES string of the molecule is CCn1ccnc1NCCC(C)S(C)=O. The predicted octanol–water partition coefficient (Wildman–Crippen LogP) is 1.47. The second-order valence-corrected chi connectivity index (χ2v) is 5.36. The van der Waals surface area contributed by atoms with Crippen molar-refractivity contribution in [2.75, 3.05) is 18.1 Å². The van der Waals surface area contributed by atoms with Crippen LogP contribution < -0.4 is 5.32 Å². The fourth-order valence-corrected chi connectivity index (χ4v) is 1.73. The van der Waals surface area contributed by atoms with E-state index in [9.17, 15) is 4.21 Å². The zero-order chi connectivity index (χ0) is 11.3. The average Bonchev–Trinajstić information content (AvgIpc) is 2.65. The summed E-state index contributed by atoms with van der Waals surface area (Å²) in [5, 5.41) is 3.49. The van der Waals surface area contributed by atoms with E-state index in [2.05, 4.69) is 17.2 Å². The number of hydrogen-bond acceptors (Lipinski definition) is 3. The van der Waals surface area contributed by atoms with Crippen molar-refractivity contribution in [1.29, 1.82) is 0 Å². The van der Waals surface area contributed by atoms with Gasteiger partial charge in [-0.05, 0) is 13.3 Å². The minimum atomic E-state index is -0.733. The fraction of sp³-hybridized carbons (Fsp3) is 0.700. The summed E-state index contributed by atoms with van der Waals surface area (Å²) >= 11 is 0. The second kappa shape index (κ2) is 5.90. The van der Waals surface area contributed by atoms with E-state index in [4.69, 9.17) is 0 Å². The third-order valence-corrected chi connectivity index (χ3v) is 3.83. The topological polar surface area (TPSA) is 46.9 Å². The molecule has 1 aromatic heterocycles. The first kappa shape index (κ1) is 12.2. The van der Waals surface area contributed by atoms with Crippen molar-refractivity contribution in [2.45, 2.75) is 32.1 Å². The van der Waals surface area contributed by atoms with Crippen LogP contribution in [0.5, 0.6) is 0 Å². The molecule has 5 heteroatoms. The summed E-state index contributed by atoms with van der Waals surface area (Å²) in [6.07, 6.45) is 6.38. The summed E-state index contributed by atoms with van der Waals surface area (Å²) in [4.78, 5) is 4.20. The summed E-state index contributed by atoms with van der Waals surface area (Å²) < 4.78 is 13.2. The molecule has 0 aliphatic carbocycles. The van der Waals surface area contributed by atoms with E-state index >= 15 is 0 Å². The van der Waals surface area contributed by atoms with Crippen LogP contribution in [0.2, 0.25) is 0 Å². The lowest BCUT2D eigenvalue weighted by atomic mass is 10.3. The van der Waals surface area contributed by atoms with Gasteiger partial charge in [-0.2, -0.15) is 0 Å². The van der Waals surface area contributed by atoms with E-state index in [1.165, 1.54) is 0 Å². The maximum atomic E-state index is 11.1. The van der Waals surface area contributed by atoms with Crippen LogP contribution in [0.25, 0.3) is 0 Å². The van der Waals surface area contributed by atoms with Crippen molar-refractivity contribution >= 4 is 16.7 Å². The molecule has 0 aromatic carbocycles. The first-order valence-electron chi connectivity index (χ1n) is 5.22. The van der Waals surface area contributed by atoms with Crippen molar-refractivity contribution in [3.63, 3.8) is 0 Å². The number of aromatic nitrogens is 2.